The van der Waals surface area contributed by atoms with E-state index in [2.05, 4.69) is 15.3 Å². The fourth-order valence-electron chi connectivity index (χ4n) is 1.05. The maximum absolute atomic E-state index is 9.23. The molecule has 0 radical (unpaired) electrons. The van der Waals surface area contributed by atoms with Crippen molar-refractivity contribution >= 4 is 11.3 Å². The zero-order valence-electron chi connectivity index (χ0n) is 7.66. The summed E-state index contributed by atoms with van der Waals surface area (Å²) in [7, 11) is 0. The summed E-state index contributed by atoms with van der Waals surface area (Å²) in [6, 6.07) is 0. The molecule has 2 aromatic heterocycles. The maximum Gasteiger partial charge on any atom is 0.114 e. The number of rotatable bonds is 3. The Hall–Kier alpha value is -1.27. The first-order valence-corrected chi connectivity index (χ1v) is 5.10. The largest absolute Gasteiger partial charge is 0.387 e. The second-order valence-corrected chi connectivity index (χ2v) is 3.92. The third-order valence-corrected chi connectivity index (χ3v) is 2.53. The smallest absolute Gasteiger partial charge is 0.114 e. The normalized spacial score (nSPS) is 13.0. The molecule has 0 aliphatic carbocycles. The van der Waals surface area contributed by atoms with E-state index < -0.39 is 6.10 Å². The molecule has 1 atom stereocenters. The standard InChI is InChI=1S/C8H10N4OS/c1-6(13)7-4-12(11-10-7)5-8-9-2-3-14-8/h2-4,6,13H,5H2,1H3/t6-/m1/s1. The average molecular weight is 210 g/mol. The lowest BCUT2D eigenvalue weighted by molar-refractivity contribution is 0.194. The molecule has 6 heteroatoms. The summed E-state index contributed by atoms with van der Waals surface area (Å²) in [5.41, 5.74) is 0.585. The molecule has 0 aliphatic heterocycles. The number of hydrogen-bond acceptors (Lipinski definition) is 5. The van der Waals surface area contributed by atoms with Gasteiger partial charge in [0.05, 0.1) is 18.8 Å². The monoisotopic (exact) mass is 210 g/mol. The zero-order valence-corrected chi connectivity index (χ0v) is 8.48. The summed E-state index contributed by atoms with van der Waals surface area (Å²) in [6.07, 6.45) is 2.92. The second-order valence-electron chi connectivity index (χ2n) is 2.94. The van der Waals surface area contributed by atoms with Crippen LogP contribution in [-0.2, 0) is 6.54 Å². The summed E-state index contributed by atoms with van der Waals surface area (Å²) < 4.78 is 1.67. The van der Waals surface area contributed by atoms with Gasteiger partial charge in [0.15, 0.2) is 0 Å². The quantitative estimate of drug-likeness (QED) is 0.815. The number of nitrogens with zero attached hydrogens (tertiary/aromatic N) is 4. The molecule has 5 nitrogen and oxygen atoms in total. The Morgan fingerprint density at radius 3 is 3.07 bits per heavy atom. The number of aromatic nitrogens is 4. The van der Waals surface area contributed by atoms with Crippen LogP contribution in [0.3, 0.4) is 0 Å². The van der Waals surface area contributed by atoms with E-state index in [0.29, 0.717) is 12.2 Å². The Bertz CT molecular complexity index is 395. The summed E-state index contributed by atoms with van der Waals surface area (Å²) in [6.45, 7) is 2.27. The summed E-state index contributed by atoms with van der Waals surface area (Å²) in [5, 5.41) is 19.9. The molecule has 0 aliphatic rings. The van der Waals surface area contributed by atoms with Crippen LogP contribution in [0, 0.1) is 0 Å². The van der Waals surface area contributed by atoms with Crippen molar-refractivity contribution in [3.63, 3.8) is 0 Å². The fraction of sp³-hybridized carbons (Fsp3) is 0.375. The van der Waals surface area contributed by atoms with Crippen LogP contribution in [0.5, 0.6) is 0 Å². The number of thiazole rings is 1. The van der Waals surface area contributed by atoms with Gasteiger partial charge < -0.3 is 5.11 Å². The van der Waals surface area contributed by atoms with Crippen LogP contribution in [-0.4, -0.2) is 25.1 Å². The van der Waals surface area contributed by atoms with E-state index in [1.54, 1.807) is 35.3 Å². The van der Waals surface area contributed by atoms with Crippen molar-refractivity contribution in [3.8, 4) is 0 Å². The Kier molecular flexibility index (Phi) is 2.55. The van der Waals surface area contributed by atoms with Crippen molar-refractivity contribution in [2.75, 3.05) is 0 Å². The second kappa shape index (κ2) is 3.85. The first-order chi connectivity index (χ1) is 6.75. The number of hydrogen-bond donors (Lipinski definition) is 1. The predicted octanol–water partition coefficient (Wildman–Crippen LogP) is 0.836. The molecule has 0 amide bonds. The van der Waals surface area contributed by atoms with E-state index in [0.717, 1.165) is 5.01 Å². The van der Waals surface area contributed by atoms with Gasteiger partial charge >= 0.3 is 0 Å². The van der Waals surface area contributed by atoms with Gasteiger partial charge in [-0.3, -0.25) is 0 Å². The lowest BCUT2D eigenvalue weighted by Crippen LogP contribution is -1.99. The number of aliphatic hydroxyl groups excluding tert-OH is 1. The highest BCUT2D eigenvalue weighted by molar-refractivity contribution is 7.09. The lowest BCUT2D eigenvalue weighted by Gasteiger charge is -1.95. The molecule has 0 unspecified atom stereocenters. The number of aliphatic hydroxyl groups is 1. The molecule has 0 spiro atoms. The fourth-order valence-corrected chi connectivity index (χ4v) is 1.66. The Morgan fingerprint density at radius 2 is 2.50 bits per heavy atom. The molecular weight excluding hydrogens is 200 g/mol. The third-order valence-electron chi connectivity index (χ3n) is 1.77. The molecule has 2 aromatic rings. The van der Waals surface area contributed by atoms with Gasteiger partial charge in [0.25, 0.3) is 0 Å². The van der Waals surface area contributed by atoms with E-state index in [1.165, 1.54) is 0 Å². The Morgan fingerprint density at radius 1 is 1.64 bits per heavy atom. The highest BCUT2D eigenvalue weighted by Crippen LogP contribution is 2.09. The predicted molar refractivity (Wildman–Crippen MR) is 51.9 cm³/mol. The molecule has 1 N–H and O–H groups in total. The summed E-state index contributed by atoms with van der Waals surface area (Å²) >= 11 is 1.57. The molecule has 74 valence electrons. The van der Waals surface area contributed by atoms with E-state index in [1.807, 2.05) is 5.38 Å². The summed E-state index contributed by atoms with van der Waals surface area (Å²) in [5.74, 6) is 0. The van der Waals surface area contributed by atoms with Gasteiger partial charge in [-0.25, -0.2) is 9.67 Å². The first-order valence-electron chi connectivity index (χ1n) is 4.22. The van der Waals surface area contributed by atoms with E-state index in [4.69, 9.17) is 0 Å². The molecule has 0 saturated heterocycles. The third kappa shape index (κ3) is 1.97. The first kappa shape index (κ1) is 9.29. The zero-order chi connectivity index (χ0) is 9.97. The molecular formula is C8H10N4OS. The van der Waals surface area contributed by atoms with Crippen molar-refractivity contribution in [1.29, 1.82) is 0 Å². The Balaban J connectivity index is 2.11. The van der Waals surface area contributed by atoms with Crippen LogP contribution in [0.25, 0.3) is 0 Å². The van der Waals surface area contributed by atoms with Crippen LogP contribution in [0.4, 0.5) is 0 Å². The molecule has 2 heterocycles. The van der Waals surface area contributed by atoms with Crippen molar-refractivity contribution in [1.82, 2.24) is 20.0 Å². The van der Waals surface area contributed by atoms with E-state index in [-0.39, 0.29) is 0 Å². The van der Waals surface area contributed by atoms with Gasteiger partial charge in [0.2, 0.25) is 0 Å². The molecule has 2 rings (SSSR count). The highest BCUT2D eigenvalue weighted by Gasteiger charge is 2.06. The maximum atomic E-state index is 9.23. The van der Waals surface area contributed by atoms with Crippen molar-refractivity contribution in [2.24, 2.45) is 0 Å². The SMILES string of the molecule is C[C@@H](O)c1cn(Cc2nccs2)nn1. The van der Waals surface area contributed by atoms with Crippen LogP contribution >= 0.6 is 11.3 Å². The molecule has 0 saturated carbocycles. The van der Waals surface area contributed by atoms with Gasteiger partial charge in [-0.05, 0) is 6.92 Å². The van der Waals surface area contributed by atoms with Gasteiger partial charge in [0.1, 0.15) is 10.7 Å². The Labute approximate surface area is 85.0 Å². The minimum absolute atomic E-state index is 0.569. The van der Waals surface area contributed by atoms with Crippen LogP contribution in [0.1, 0.15) is 23.7 Å². The minimum atomic E-state index is -0.569. The summed E-state index contributed by atoms with van der Waals surface area (Å²) in [4.78, 5) is 4.13. The van der Waals surface area contributed by atoms with Crippen molar-refractivity contribution in [2.45, 2.75) is 19.6 Å². The van der Waals surface area contributed by atoms with Gasteiger partial charge in [-0.2, -0.15) is 0 Å². The van der Waals surface area contributed by atoms with Crippen LogP contribution < -0.4 is 0 Å². The van der Waals surface area contributed by atoms with Gasteiger partial charge in [-0.1, -0.05) is 5.21 Å². The molecule has 14 heavy (non-hydrogen) atoms. The van der Waals surface area contributed by atoms with Crippen LogP contribution in [0.15, 0.2) is 17.8 Å². The van der Waals surface area contributed by atoms with Gasteiger partial charge in [-0.15, -0.1) is 16.4 Å². The van der Waals surface area contributed by atoms with Crippen molar-refractivity contribution in [3.05, 3.63) is 28.5 Å². The topological polar surface area (TPSA) is 63.8 Å². The molecule has 0 bridgehead atoms. The lowest BCUT2D eigenvalue weighted by atomic mass is 10.3. The average Bonchev–Trinajstić information content (AvgIpc) is 2.75. The minimum Gasteiger partial charge on any atom is -0.387 e. The van der Waals surface area contributed by atoms with Crippen LogP contribution in [0.2, 0.25) is 0 Å². The molecule has 0 aromatic carbocycles. The van der Waals surface area contributed by atoms with E-state index in [9.17, 15) is 5.11 Å². The van der Waals surface area contributed by atoms with Crippen molar-refractivity contribution < 1.29 is 5.11 Å². The van der Waals surface area contributed by atoms with E-state index >= 15 is 0 Å². The highest BCUT2D eigenvalue weighted by atomic mass is 32.1. The van der Waals surface area contributed by atoms with Gasteiger partial charge in [0, 0.05) is 11.6 Å². The molecule has 0 fully saturated rings.